The van der Waals surface area contributed by atoms with Crippen LogP contribution in [0.4, 0.5) is 0 Å². The molecular weight excluding hydrogens is 250 g/mol. The maximum atomic E-state index is 11.7. The number of unbranched alkanes of at least 4 members (excludes halogenated alkanes) is 1. The van der Waals surface area contributed by atoms with Crippen LogP contribution in [0.1, 0.15) is 19.8 Å². The number of halogens is 1. The van der Waals surface area contributed by atoms with Gasteiger partial charge in [-0.3, -0.25) is 9.48 Å². The van der Waals surface area contributed by atoms with E-state index in [1.54, 1.807) is 4.68 Å². The monoisotopic (exact) mass is 265 g/mol. The largest absolute Gasteiger partial charge is 0.354 e. The second kappa shape index (κ2) is 5.87. The van der Waals surface area contributed by atoms with Crippen LogP contribution < -0.4 is 5.32 Å². The molecule has 0 bridgehead atoms. The Morgan fingerprint density at radius 3 is 3.00 bits per heavy atom. The first-order valence-corrected chi connectivity index (χ1v) is 6.48. The minimum absolute atomic E-state index is 0.0339. The van der Waals surface area contributed by atoms with Crippen LogP contribution in [0.2, 0.25) is 5.15 Å². The first-order chi connectivity index (χ1) is 8.72. The Morgan fingerprint density at radius 2 is 2.22 bits per heavy atom. The number of benzene rings is 1. The van der Waals surface area contributed by atoms with E-state index in [-0.39, 0.29) is 12.5 Å². The third-order valence-electron chi connectivity index (χ3n) is 2.76. The summed E-state index contributed by atoms with van der Waals surface area (Å²) in [5.41, 5.74) is 0.883. The molecule has 0 fully saturated rings. The summed E-state index contributed by atoms with van der Waals surface area (Å²) >= 11 is 6.02. The topological polar surface area (TPSA) is 46.9 Å². The van der Waals surface area contributed by atoms with Gasteiger partial charge in [0.25, 0.3) is 0 Å². The number of para-hydroxylation sites is 1. The number of hydrogen-bond donors (Lipinski definition) is 1. The van der Waals surface area contributed by atoms with E-state index < -0.39 is 0 Å². The Hall–Kier alpha value is -1.55. The minimum atomic E-state index is -0.0339. The molecular formula is C13H16ClN3O. The van der Waals surface area contributed by atoms with Crippen LogP contribution >= 0.6 is 11.6 Å². The summed E-state index contributed by atoms with van der Waals surface area (Å²) in [6, 6.07) is 7.62. The molecule has 1 aromatic heterocycles. The van der Waals surface area contributed by atoms with Gasteiger partial charge in [-0.15, -0.1) is 0 Å². The van der Waals surface area contributed by atoms with Crippen molar-refractivity contribution >= 4 is 28.4 Å². The number of fused-ring (bicyclic) bond motifs is 1. The molecule has 0 saturated heterocycles. The van der Waals surface area contributed by atoms with Gasteiger partial charge < -0.3 is 5.32 Å². The van der Waals surface area contributed by atoms with Gasteiger partial charge in [0, 0.05) is 11.9 Å². The Balaban J connectivity index is 2.10. The van der Waals surface area contributed by atoms with Crippen molar-refractivity contribution in [3.8, 4) is 0 Å². The number of rotatable bonds is 5. The number of hydrogen-bond acceptors (Lipinski definition) is 2. The minimum Gasteiger partial charge on any atom is -0.354 e. The van der Waals surface area contributed by atoms with Crippen molar-refractivity contribution in [2.75, 3.05) is 6.54 Å². The fourth-order valence-corrected chi connectivity index (χ4v) is 2.05. The number of aromatic nitrogens is 2. The summed E-state index contributed by atoms with van der Waals surface area (Å²) in [5.74, 6) is -0.0339. The molecule has 2 rings (SSSR count). The number of carbonyl (C=O) groups is 1. The zero-order chi connectivity index (χ0) is 13.0. The molecule has 0 aliphatic carbocycles. The highest BCUT2D eigenvalue weighted by atomic mass is 35.5. The molecule has 0 aliphatic heterocycles. The smallest absolute Gasteiger partial charge is 0.241 e. The third-order valence-corrected chi connectivity index (χ3v) is 3.04. The lowest BCUT2D eigenvalue weighted by Crippen LogP contribution is -2.28. The quantitative estimate of drug-likeness (QED) is 0.845. The van der Waals surface area contributed by atoms with Crippen molar-refractivity contribution in [3.05, 3.63) is 29.4 Å². The second-order valence-corrected chi connectivity index (χ2v) is 4.53. The highest BCUT2D eigenvalue weighted by Crippen LogP contribution is 2.21. The van der Waals surface area contributed by atoms with Gasteiger partial charge in [0.05, 0.1) is 5.52 Å². The predicted octanol–water partition coefficient (Wildman–Crippen LogP) is 2.61. The number of nitrogens with one attached hydrogen (secondary N) is 1. The molecule has 18 heavy (non-hydrogen) atoms. The zero-order valence-electron chi connectivity index (χ0n) is 10.3. The average Bonchev–Trinajstić information content (AvgIpc) is 2.67. The Kier molecular flexibility index (Phi) is 4.20. The second-order valence-electron chi connectivity index (χ2n) is 4.17. The molecule has 1 amide bonds. The number of nitrogens with zero attached hydrogens (tertiary/aromatic N) is 2. The van der Waals surface area contributed by atoms with E-state index >= 15 is 0 Å². The highest BCUT2D eigenvalue weighted by Gasteiger charge is 2.10. The predicted molar refractivity (Wildman–Crippen MR) is 72.7 cm³/mol. The number of carbonyl (C=O) groups excluding carboxylic acids is 1. The zero-order valence-corrected chi connectivity index (χ0v) is 11.1. The Bertz CT molecular complexity index is 550. The van der Waals surface area contributed by atoms with Crippen LogP contribution in [0.5, 0.6) is 0 Å². The Labute approximate surface area is 111 Å². The van der Waals surface area contributed by atoms with Gasteiger partial charge in [-0.25, -0.2) is 0 Å². The number of amides is 1. The highest BCUT2D eigenvalue weighted by molar-refractivity contribution is 6.34. The first-order valence-electron chi connectivity index (χ1n) is 6.10. The maximum Gasteiger partial charge on any atom is 0.241 e. The van der Waals surface area contributed by atoms with E-state index in [9.17, 15) is 4.79 Å². The fraction of sp³-hybridized carbons (Fsp3) is 0.385. The molecule has 4 nitrogen and oxygen atoms in total. The van der Waals surface area contributed by atoms with Crippen molar-refractivity contribution in [2.45, 2.75) is 26.3 Å². The molecule has 0 saturated carbocycles. The van der Waals surface area contributed by atoms with Crippen molar-refractivity contribution < 1.29 is 4.79 Å². The van der Waals surface area contributed by atoms with Crippen molar-refractivity contribution in [1.82, 2.24) is 15.1 Å². The average molecular weight is 266 g/mol. The lowest BCUT2D eigenvalue weighted by atomic mass is 10.2. The first kappa shape index (κ1) is 12.9. The van der Waals surface area contributed by atoms with Gasteiger partial charge in [-0.05, 0) is 18.6 Å². The molecule has 0 unspecified atom stereocenters. The van der Waals surface area contributed by atoms with Gasteiger partial charge in [-0.2, -0.15) is 5.10 Å². The van der Waals surface area contributed by atoms with E-state index in [1.165, 1.54) is 0 Å². The van der Waals surface area contributed by atoms with Crippen LogP contribution in [0.25, 0.3) is 10.9 Å². The molecule has 0 atom stereocenters. The molecule has 1 N–H and O–H groups in total. The van der Waals surface area contributed by atoms with E-state index in [0.717, 1.165) is 23.7 Å². The normalized spacial score (nSPS) is 10.8. The van der Waals surface area contributed by atoms with Crippen molar-refractivity contribution in [3.63, 3.8) is 0 Å². The van der Waals surface area contributed by atoms with Gasteiger partial charge in [0.15, 0.2) is 5.15 Å². The van der Waals surface area contributed by atoms with Gasteiger partial charge >= 0.3 is 0 Å². The van der Waals surface area contributed by atoms with Crippen molar-refractivity contribution in [2.24, 2.45) is 0 Å². The Morgan fingerprint density at radius 1 is 1.44 bits per heavy atom. The van der Waals surface area contributed by atoms with Crippen LogP contribution in [-0.2, 0) is 11.3 Å². The standard InChI is InChI=1S/C13H16ClN3O/c1-2-3-8-15-12(18)9-17-11-7-5-4-6-10(11)13(14)16-17/h4-7H,2-3,8-9H2,1H3,(H,15,18). The fourth-order valence-electron chi connectivity index (χ4n) is 1.80. The summed E-state index contributed by atoms with van der Waals surface area (Å²) in [6.45, 7) is 3.01. The molecule has 5 heteroatoms. The van der Waals surface area contributed by atoms with Crippen LogP contribution in [-0.4, -0.2) is 22.2 Å². The van der Waals surface area contributed by atoms with Crippen LogP contribution in [0.15, 0.2) is 24.3 Å². The maximum absolute atomic E-state index is 11.7. The van der Waals surface area contributed by atoms with Crippen molar-refractivity contribution in [1.29, 1.82) is 0 Å². The molecule has 1 aromatic carbocycles. The lowest BCUT2D eigenvalue weighted by Gasteiger charge is -2.05. The summed E-state index contributed by atoms with van der Waals surface area (Å²) in [7, 11) is 0. The van der Waals surface area contributed by atoms with Gasteiger partial charge in [-0.1, -0.05) is 37.1 Å². The summed E-state index contributed by atoms with van der Waals surface area (Å²) in [5, 5.41) is 8.35. The van der Waals surface area contributed by atoms with Gasteiger partial charge in [0.2, 0.25) is 5.91 Å². The van der Waals surface area contributed by atoms with E-state index in [0.29, 0.717) is 11.7 Å². The van der Waals surface area contributed by atoms with Crippen LogP contribution in [0, 0.1) is 0 Å². The van der Waals surface area contributed by atoms with E-state index in [4.69, 9.17) is 11.6 Å². The van der Waals surface area contributed by atoms with E-state index in [2.05, 4.69) is 17.3 Å². The lowest BCUT2D eigenvalue weighted by molar-refractivity contribution is -0.121. The van der Waals surface area contributed by atoms with Gasteiger partial charge in [0.1, 0.15) is 6.54 Å². The molecule has 96 valence electrons. The van der Waals surface area contributed by atoms with E-state index in [1.807, 2.05) is 24.3 Å². The summed E-state index contributed by atoms with van der Waals surface area (Å²) in [4.78, 5) is 11.7. The van der Waals surface area contributed by atoms with Crippen LogP contribution in [0.3, 0.4) is 0 Å². The third kappa shape index (κ3) is 2.82. The summed E-state index contributed by atoms with van der Waals surface area (Å²) in [6.07, 6.45) is 2.06. The molecule has 0 spiro atoms. The SMILES string of the molecule is CCCCNC(=O)Cn1nc(Cl)c2ccccc21. The molecule has 0 aliphatic rings. The molecule has 2 aromatic rings. The summed E-state index contributed by atoms with van der Waals surface area (Å²) < 4.78 is 1.64. The molecule has 0 radical (unpaired) electrons. The molecule has 1 heterocycles.